The first-order valence-electron chi connectivity index (χ1n) is 3.21. The van der Waals surface area contributed by atoms with Crippen LogP contribution in [0.1, 0.15) is 13.3 Å². The highest BCUT2D eigenvalue weighted by molar-refractivity contribution is 4.71. The minimum absolute atomic E-state index is 0.320. The zero-order chi connectivity index (χ0) is 6.74. The van der Waals surface area contributed by atoms with Gasteiger partial charge in [-0.2, -0.15) is 0 Å². The van der Waals surface area contributed by atoms with E-state index in [1.165, 1.54) is 0 Å². The van der Waals surface area contributed by atoms with Crippen LogP contribution in [-0.2, 0) is 9.47 Å². The number of aliphatic hydroxyl groups is 1. The molecule has 54 valence electrons. The molecule has 1 fully saturated rings. The quantitative estimate of drug-likeness (QED) is 0.543. The Bertz CT molecular complexity index is 86.3. The lowest BCUT2D eigenvalue weighted by atomic mass is 10.2. The van der Waals surface area contributed by atoms with Gasteiger partial charge >= 0.3 is 0 Å². The van der Waals surface area contributed by atoms with Crippen molar-refractivity contribution in [2.24, 2.45) is 0 Å². The summed E-state index contributed by atoms with van der Waals surface area (Å²) in [5.74, 6) is -0.977. The summed E-state index contributed by atoms with van der Waals surface area (Å²) in [5.41, 5.74) is 0. The van der Waals surface area contributed by atoms with E-state index in [0.29, 0.717) is 26.2 Å². The highest BCUT2D eigenvalue weighted by atomic mass is 16.7. The maximum Gasteiger partial charge on any atom is 0.191 e. The Morgan fingerprint density at radius 1 is 1.78 bits per heavy atom. The largest absolute Gasteiger partial charge is 0.376 e. The fourth-order valence-corrected chi connectivity index (χ4v) is 0.918. The summed E-state index contributed by atoms with van der Waals surface area (Å²) in [6, 6.07) is 0. The summed E-state index contributed by atoms with van der Waals surface area (Å²) < 4.78 is 9.96. The van der Waals surface area contributed by atoms with Crippen molar-refractivity contribution in [3.8, 4) is 0 Å². The molecular formula is C6H12O3. The number of ether oxygens (including phenoxy) is 2. The van der Waals surface area contributed by atoms with E-state index in [-0.39, 0.29) is 0 Å². The van der Waals surface area contributed by atoms with Crippen molar-refractivity contribution in [1.82, 2.24) is 0 Å². The van der Waals surface area contributed by atoms with Crippen molar-refractivity contribution in [3.05, 3.63) is 0 Å². The zero-order valence-corrected chi connectivity index (χ0v) is 5.59. The maximum absolute atomic E-state index is 9.34. The second-order valence-electron chi connectivity index (χ2n) is 2.18. The van der Waals surface area contributed by atoms with Gasteiger partial charge in [-0.05, 0) is 6.92 Å². The van der Waals surface area contributed by atoms with Gasteiger partial charge in [0.05, 0.1) is 6.61 Å². The first-order valence-corrected chi connectivity index (χ1v) is 3.21. The van der Waals surface area contributed by atoms with Crippen LogP contribution in [0.4, 0.5) is 0 Å². The normalized spacial score (nSPS) is 35.3. The topological polar surface area (TPSA) is 38.7 Å². The molecular weight excluding hydrogens is 120 g/mol. The van der Waals surface area contributed by atoms with Crippen molar-refractivity contribution >= 4 is 0 Å². The van der Waals surface area contributed by atoms with Crippen LogP contribution in [0.5, 0.6) is 0 Å². The first kappa shape index (κ1) is 6.99. The molecule has 0 bridgehead atoms. The molecule has 1 saturated heterocycles. The molecule has 3 heteroatoms. The highest BCUT2D eigenvalue weighted by Gasteiger charge is 2.32. The van der Waals surface area contributed by atoms with Gasteiger partial charge in [-0.1, -0.05) is 0 Å². The van der Waals surface area contributed by atoms with Crippen molar-refractivity contribution in [1.29, 1.82) is 0 Å². The molecule has 9 heavy (non-hydrogen) atoms. The van der Waals surface area contributed by atoms with Gasteiger partial charge in [-0.25, -0.2) is 0 Å². The Balaban J connectivity index is 2.32. The monoisotopic (exact) mass is 132 g/mol. The van der Waals surface area contributed by atoms with E-state index in [4.69, 9.17) is 9.47 Å². The summed E-state index contributed by atoms with van der Waals surface area (Å²) >= 11 is 0. The molecule has 0 aliphatic carbocycles. The van der Waals surface area contributed by atoms with E-state index >= 15 is 0 Å². The minimum Gasteiger partial charge on any atom is -0.376 e. The van der Waals surface area contributed by atoms with Gasteiger partial charge < -0.3 is 14.6 Å². The Hall–Kier alpha value is -0.120. The van der Waals surface area contributed by atoms with Gasteiger partial charge in [0.2, 0.25) is 0 Å². The van der Waals surface area contributed by atoms with Gasteiger partial charge in [0.15, 0.2) is 5.79 Å². The molecule has 0 radical (unpaired) electrons. The molecule has 0 unspecified atom stereocenters. The number of rotatable bonds is 2. The third-order valence-electron chi connectivity index (χ3n) is 1.38. The molecule has 1 aliphatic heterocycles. The molecule has 0 saturated carbocycles. The Morgan fingerprint density at radius 3 is 3.00 bits per heavy atom. The van der Waals surface area contributed by atoms with Crippen LogP contribution in [-0.4, -0.2) is 30.7 Å². The molecule has 0 aromatic carbocycles. The molecule has 1 heterocycles. The van der Waals surface area contributed by atoms with Crippen molar-refractivity contribution in [2.75, 3.05) is 19.8 Å². The lowest BCUT2D eigenvalue weighted by Gasteiger charge is -2.19. The lowest BCUT2D eigenvalue weighted by molar-refractivity contribution is -0.196. The van der Waals surface area contributed by atoms with Crippen LogP contribution in [0.15, 0.2) is 0 Å². The SMILES string of the molecule is CCO[C@]1(O)CCOC1. The molecule has 1 N–H and O–H groups in total. The van der Waals surface area contributed by atoms with E-state index in [9.17, 15) is 5.11 Å². The van der Waals surface area contributed by atoms with Gasteiger partial charge in [0, 0.05) is 13.0 Å². The lowest BCUT2D eigenvalue weighted by Crippen LogP contribution is -2.32. The van der Waals surface area contributed by atoms with Crippen molar-refractivity contribution < 1.29 is 14.6 Å². The van der Waals surface area contributed by atoms with Gasteiger partial charge in [0.25, 0.3) is 0 Å². The molecule has 0 amide bonds. The second kappa shape index (κ2) is 2.64. The van der Waals surface area contributed by atoms with Crippen LogP contribution in [0, 0.1) is 0 Å². The molecule has 1 rings (SSSR count). The molecule has 0 spiro atoms. The molecule has 0 aromatic rings. The summed E-state index contributed by atoms with van der Waals surface area (Å²) in [4.78, 5) is 0. The summed E-state index contributed by atoms with van der Waals surface area (Å²) in [7, 11) is 0. The van der Waals surface area contributed by atoms with E-state index in [2.05, 4.69) is 0 Å². The first-order chi connectivity index (χ1) is 4.27. The van der Waals surface area contributed by atoms with E-state index in [0.717, 1.165) is 0 Å². The Labute approximate surface area is 54.6 Å². The van der Waals surface area contributed by atoms with Gasteiger partial charge in [0.1, 0.15) is 6.61 Å². The third kappa shape index (κ3) is 1.64. The molecule has 3 nitrogen and oxygen atoms in total. The molecule has 0 aromatic heterocycles. The predicted molar refractivity (Wildman–Crippen MR) is 32.0 cm³/mol. The van der Waals surface area contributed by atoms with Gasteiger partial charge in [-0.15, -0.1) is 0 Å². The fraction of sp³-hybridized carbons (Fsp3) is 1.00. The fourth-order valence-electron chi connectivity index (χ4n) is 0.918. The second-order valence-corrected chi connectivity index (χ2v) is 2.18. The molecule has 1 atom stereocenters. The van der Waals surface area contributed by atoms with E-state index < -0.39 is 5.79 Å². The third-order valence-corrected chi connectivity index (χ3v) is 1.38. The highest BCUT2D eigenvalue weighted by Crippen LogP contribution is 2.18. The number of hydrogen-bond donors (Lipinski definition) is 1. The van der Waals surface area contributed by atoms with Crippen molar-refractivity contribution in [3.63, 3.8) is 0 Å². The maximum atomic E-state index is 9.34. The predicted octanol–water partition coefficient (Wildman–Crippen LogP) is 0.132. The summed E-state index contributed by atoms with van der Waals surface area (Å²) in [6.07, 6.45) is 0.598. The van der Waals surface area contributed by atoms with Crippen LogP contribution in [0.3, 0.4) is 0 Å². The van der Waals surface area contributed by atoms with E-state index in [1.807, 2.05) is 6.92 Å². The van der Waals surface area contributed by atoms with Crippen LogP contribution in [0.25, 0.3) is 0 Å². The van der Waals surface area contributed by atoms with Crippen LogP contribution >= 0.6 is 0 Å². The Morgan fingerprint density at radius 2 is 2.56 bits per heavy atom. The average molecular weight is 132 g/mol. The standard InChI is InChI=1S/C6H12O3/c1-2-9-6(7)3-4-8-5-6/h7H,2-5H2,1H3/t6-/m1/s1. The zero-order valence-electron chi connectivity index (χ0n) is 5.59. The van der Waals surface area contributed by atoms with Gasteiger partial charge in [-0.3, -0.25) is 0 Å². The smallest absolute Gasteiger partial charge is 0.191 e. The number of hydrogen-bond acceptors (Lipinski definition) is 3. The summed E-state index contributed by atoms with van der Waals surface area (Å²) in [6.45, 7) is 3.33. The van der Waals surface area contributed by atoms with Crippen LogP contribution in [0.2, 0.25) is 0 Å². The average Bonchev–Trinajstić information content (AvgIpc) is 2.16. The van der Waals surface area contributed by atoms with Crippen LogP contribution < -0.4 is 0 Å². The van der Waals surface area contributed by atoms with E-state index in [1.54, 1.807) is 0 Å². The van der Waals surface area contributed by atoms with Crippen molar-refractivity contribution in [2.45, 2.75) is 19.1 Å². The minimum atomic E-state index is -0.977. The molecule has 1 aliphatic rings. The Kier molecular flexibility index (Phi) is 2.05. The summed E-state index contributed by atoms with van der Waals surface area (Å²) in [5, 5.41) is 9.34.